The number of thioether (sulfide) groups is 1. The van der Waals surface area contributed by atoms with Gasteiger partial charge in [0.05, 0.1) is 10.1 Å². The molecule has 0 unspecified atom stereocenters. The average molecular weight is 225 g/mol. The van der Waals surface area contributed by atoms with Crippen LogP contribution in [-0.2, 0) is 10.1 Å². The highest BCUT2D eigenvalue weighted by atomic mass is 32.2. The van der Waals surface area contributed by atoms with E-state index in [1.54, 1.807) is 11.8 Å². The first-order valence-corrected chi connectivity index (χ1v) is 6.83. The number of hydrogen-bond donors (Lipinski definition) is 1. The summed E-state index contributed by atoms with van der Waals surface area (Å²) < 4.78 is 31.8. The van der Waals surface area contributed by atoms with E-state index in [9.17, 15) is 13.0 Å². The molecule has 1 aliphatic rings. The van der Waals surface area contributed by atoms with Gasteiger partial charge in [-0.25, -0.2) is 8.42 Å². The van der Waals surface area contributed by atoms with Crippen LogP contribution in [0.2, 0.25) is 0 Å². The molecule has 0 aromatic carbocycles. The van der Waals surface area contributed by atoms with E-state index in [1.165, 1.54) is 0 Å². The second-order valence-corrected chi connectivity index (χ2v) is 6.10. The van der Waals surface area contributed by atoms with Crippen molar-refractivity contribution in [2.45, 2.75) is 12.8 Å². The highest BCUT2D eigenvalue weighted by molar-refractivity contribution is 7.99. The third kappa shape index (κ3) is 3.46. The Morgan fingerprint density at radius 2 is 1.92 bits per heavy atom. The summed E-state index contributed by atoms with van der Waals surface area (Å²) in [4.78, 5) is 0. The Morgan fingerprint density at radius 3 is 2.31 bits per heavy atom. The summed E-state index contributed by atoms with van der Waals surface area (Å²) in [6.07, 6.45) is 1.24. The zero-order valence-corrected chi connectivity index (χ0v) is 8.86. The first kappa shape index (κ1) is 11.3. The molecular formula is C7H13O4S2-. The Balaban J connectivity index is 2.68. The SMILES string of the molecule is O=S(=O)([O-])CC1(CO)CCSCC1. The Labute approximate surface area is 82.5 Å². The molecule has 0 saturated carbocycles. The fourth-order valence-electron chi connectivity index (χ4n) is 1.53. The summed E-state index contributed by atoms with van der Waals surface area (Å²) in [6.45, 7) is -0.199. The van der Waals surface area contributed by atoms with Gasteiger partial charge >= 0.3 is 0 Å². The average Bonchev–Trinajstić information content (AvgIpc) is 2.03. The molecule has 6 heteroatoms. The Bertz CT molecular complexity index is 254. The summed E-state index contributed by atoms with van der Waals surface area (Å²) in [5, 5.41) is 9.09. The van der Waals surface area contributed by atoms with Crippen LogP contribution < -0.4 is 0 Å². The molecule has 0 aliphatic carbocycles. The van der Waals surface area contributed by atoms with Crippen LogP contribution in [0.1, 0.15) is 12.8 Å². The monoisotopic (exact) mass is 225 g/mol. The van der Waals surface area contributed by atoms with Gasteiger partial charge in [0.25, 0.3) is 0 Å². The summed E-state index contributed by atoms with van der Waals surface area (Å²) in [7, 11) is -4.21. The van der Waals surface area contributed by atoms with Gasteiger partial charge in [-0.05, 0) is 24.3 Å². The van der Waals surface area contributed by atoms with Gasteiger partial charge in [0.1, 0.15) is 0 Å². The van der Waals surface area contributed by atoms with Crippen molar-refractivity contribution in [1.29, 1.82) is 0 Å². The number of rotatable bonds is 3. The largest absolute Gasteiger partial charge is 0.748 e. The van der Waals surface area contributed by atoms with E-state index in [0.29, 0.717) is 12.8 Å². The number of aliphatic hydroxyl groups excluding tert-OH is 1. The van der Waals surface area contributed by atoms with Crippen molar-refractivity contribution in [3.05, 3.63) is 0 Å². The molecule has 0 bridgehead atoms. The van der Waals surface area contributed by atoms with Gasteiger partial charge in [0.2, 0.25) is 0 Å². The van der Waals surface area contributed by atoms with Gasteiger partial charge in [-0.2, -0.15) is 11.8 Å². The highest BCUT2D eigenvalue weighted by Gasteiger charge is 2.33. The molecule has 0 spiro atoms. The van der Waals surface area contributed by atoms with E-state index in [0.717, 1.165) is 11.5 Å². The molecular weight excluding hydrogens is 212 g/mol. The lowest BCUT2D eigenvalue weighted by molar-refractivity contribution is 0.133. The molecule has 4 nitrogen and oxygen atoms in total. The zero-order chi connectivity index (χ0) is 9.95. The van der Waals surface area contributed by atoms with Crippen LogP contribution in [0.4, 0.5) is 0 Å². The van der Waals surface area contributed by atoms with E-state index in [1.807, 2.05) is 0 Å². The molecule has 78 valence electrons. The van der Waals surface area contributed by atoms with Crippen molar-refractivity contribution in [1.82, 2.24) is 0 Å². The van der Waals surface area contributed by atoms with Crippen LogP contribution in [0.25, 0.3) is 0 Å². The quantitative estimate of drug-likeness (QED) is 0.686. The Morgan fingerprint density at radius 1 is 1.38 bits per heavy atom. The number of aliphatic hydroxyl groups is 1. The van der Waals surface area contributed by atoms with Gasteiger partial charge in [-0.15, -0.1) is 0 Å². The van der Waals surface area contributed by atoms with E-state index < -0.39 is 21.3 Å². The molecule has 13 heavy (non-hydrogen) atoms. The predicted octanol–water partition coefficient (Wildman–Crippen LogP) is 0.0373. The van der Waals surface area contributed by atoms with E-state index in [-0.39, 0.29) is 6.61 Å². The third-order valence-corrected chi connectivity index (χ3v) is 4.32. The lowest BCUT2D eigenvalue weighted by Gasteiger charge is -2.35. The van der Waals surface area contributed by atoms with Gasteiger partial charge in [0.15, 0.2) is 0 Å². The smallest absolute Gasteiger partial charge is 0.0952 e. The van der Waals surface area contributed by atoms with Crippen LogP contribution in [0.5, 0.6) is 0 Å². The molecule has 0 amide bonds. The summed E-state index contributed by atoms with van der Waals surface area (Å²) in [6, 6.07) is 0. The minimum absolute atomic E-state index is 0.199. The molecule has 1 heterocycles. The van der Waals surface area contributed by atoms with Gasteiger partial charge in [0, 0.05) is 17.8 Å². The molecule has 1 aliphatic heterocycles. The molecule has 1 N–H and O–H groups in total. The predicted molar refractivity (Wildman–Crippen MR) is 50.6 cm³/mol. The minimum Gasteiger partial charge on any atom is -0.748 e. The zero-order valence-electron chi connectivity index (χ0n) is 7.23. The summed E-state index contributed by atoms with van der Waals surface area (Å²) in [5.74, 6) is 1.24. The molecule has 1 fully saturated rings. The fourth-order valence-corrected chi connectivity index (χ4v) is 4.02. The van der Waals surface area contributed by atoms with Crippen LogP contribution in [0.3, 0.4) is 0 Å². The van der Waals surface area contributed by atoms with E-state index in [4.69, 9.17) is 5.11 Å². The van der Waals surface area contributed by atoms with Crippen molar-refractivity contribution in [3.8, 4) is 0 Å². The Hall–Kier alpha value is 0.220. The molecule has 0 aromatic rings. The van der Waals surface area contributed by atoms with E-state index in [2.05, 4.69) is 0 Å². The standard InChI is InChI=1S/C7H14O4S2/c8-5-7(6-13(9,10)11)1-3-12-4-2-7/h8H,1-6H2,(H,9,10,11)/p-1. The topological polar surface area (TPSA) is 77.4 Å². The van der Waals surface area contributed by atoms with Crippen LogP contribution in [-0.4, -0.2) is 41.9 Å². The first-order valence-electron chi connectivity index (χ1n) is 4.10. The van der Waals surface area contributed by atoms with Crippen molar-refractivity contribution < 1.29 is 18.1 Å². The van der Waals surface area contributed by atoms with Crippen molar-refractivity contribution >= 4 is 21.9 Å². The van der Waals surface area contributed by atoms with Crippen molar-refractivity contribution in [3.63, 3.8) is 0 Å². The minimum atomic E-state index is -4.21. The second kappa shape index (κ2) is 4.16. The first-order chi connectivity index (χ1) is 5.97. The second-order valence-electron chi connectivity index (χ2n) is 3.47. The van der Waals surface area contributed by atoms with Gasteiger partial charge in [-0.1, -0.05) is 0 Å². The van der Waals surface area contributed by atoms with Crippen LogP contribution in [0.15, 0.2) is 0 Å². The van der Waals surface area contributed by atoms with Crippen molar-refractivity contribution in [2.75, 3.05) is 23.9 Å². The highest BCUT2D eigenvalue weighted by Crippen LogP contribution is 2.35. The van der Waals surface area contributed by atoms with Crippen LogP contribution in [0, 0.1) is 5.41 Å². The summed E-state index contributed by atoms with van der Waals surface area (Å²) in [5.41, 5.74) is -0.661. The normalized spacial score (nSPS) is 22.9. The van der Waals surface area contributed by atoms with Gasteiger partial charge < -0.3 is 9.66 Å². The maximum Gasteiger partial charge on any atom is 0.0952 e. The lowest BCUT2D eigenvalue weighted by atomic mass is 9.85. The maximum atomic E-state index is 10.6. The van der Waals surface area contributed by atoms with Gasteiger partial charge in [-0.3, -0.25) is 0 Å². The van der Waals surface area contributed by atoms with Crippen molar-refractivity contribution in [2.24, 2.45) is 5.41 Å². The molecule has 1 saturated heterocycles. The third-order valence-electron chi connectivity index (χ3n) is 2.37. The van der Waals surface area contributed by atoms with E-state index >= 15 is 0 Å². The molecule has 0 atom stereocenters. The lowest BCUT2D eigenvalue weighted by Crippen LogP contribution is -2.37. The summed E-state index contributed by atoms with van der Waals surface area (Å²) >= 11 is 1.73. The number of hydrogen-bond acceptors (Lipinski definition) is 5. The molecule has 0 radical (unpaired) electrons. The molecule has 1 rings (SSSR count). The maximum absolute atomic E-state index is 10.6. The van der Waals surface area contributed by atoms with Crippen LogP contribution >= 0.6 is 11.8 Å². The Kier molecular flexibility index (Phi) is 3.62. The fraction of sp³-hybridized carbons (Fsp3) is 1.00. The molecule has 0 aromatic heterocycles.